The van der Waals surface area contributed by atoms with Crippen molar-refractivity contribution in [1.29, 1.82) is 0 Å². The van der Waals surface area contributed by atoms with E-state index in [-0.39, 0.29) is 17.3 Å². The van der Waals surface area contributed by atoms with Gasteiger partial charge in [-0.2, -0.15) is 0 Å². The lowest BCUT2D eigenvalue weighted by molar-refractivity contribution is -0.115. The number of carbonyl (C=O) groups is 1. The van der Waals surface area contributed by atoms with Crippen LogP contribution in [-0.4, -0.2) is 10.9 Å². The Hall–Kier alpha value is -2.40. The second-order valence-electron chi connectivity index (χ2n) is 4.13. The van der Waals surface area contributed by atoms with Gasteiger partial charge in [0.25, 0.3) is 0 Å². The molecule has 102 valence electrons. The molecule has 5 heteroatoms. The average Bonchev–Trinajstić information content (AvgIpc) is 2.39. The van der Waals surface area contributed by atoms with Crippen LogP contribution in [0.5, 0.6) is 11.5 Å². The third kappa shape index (κ3) is 4.37. The summed E-state index contributed by atoms with van der Waals surface area (Å²) in [5.74, 6) is 1.14. The van der Waals surface area contributed by atoms with Crippen LogP contribution in [0.25, 0.3) is 0 Å². The molecule has 0 heterocycles. The molecule has 0 radical (unpaired) electrons. The first-order valence-electron chi connectivity index (χ1n) is 6.04. The van der Waals surface area contributed by atoms with Crippen LogP contribution in [0, 0.1) is 0 Å². The Kier molecular flexibility index (Phi) is 4.68. The fraction of sp³-hybridized carbons (Fsp3) is 0.0667. The van der Waals surface area contributed by atoms with Crippen LogP contribution in [0.1, 0.15) is 6.42 Å². The maximum atomic E-state index is 11.6. The number of para-hydroxylation sites is 1. The zero-order valence-corrected chi connectivity index (χ0v) is 11.5. The number of anilines is 1. The molecule has 2 rings (SSSR count). The Bertz CT molecular complexity index is 614. The van der Waals surface area contributed by atoms with Crippen molar-refractivity contribution >= 4 is 28.8 Å². The molecule has 1 amide bonds. The molecule has 0 atom stereocenters. The molecule has 0 aliphatic carbocycles. The molecule has 2 aromatic rings. The summed E-state index contributed by atoms with van der Waals surface area (Å²) in [6.45, 7) is 0. The molecule has 20 heavy (non-hydrogen) atoms. The van der Waals surface area contributed by atoms with E-state index >= 15 is 0 Å². The number of thiocarbonyl (C=S) groups is 1. The molecule has 2 aromatic carbocycles. The summed E-state index contributed by atoms with van der Waals surface area (Å²) in [6.07, 6.45) is 0.0269. The van der Waals surface area contributed by atoms with Gasteiger partial charge in [-0.25, -0.2) is 0 Å². The molecular weight excluding hydrogens is 272 g/mol. The minimum Gasteiger partial charge on any atom is -0.457 e. The third-order valence-corrected chi connectivity index (χ3v) is 2.58. The van der Waals surface area contributed by atoms with Crippen molar-refractivity contribution in [2.75, 3.05) is 5.32 Å². The lowest BCUT2D eigenvalue weighted by Gasteiger charge is -2.08. The summed E-state index contributed by atoms with van der Waals surface area (Å²) < 4.78 is 5.68. The van der Waals surface area contributed by atoms with Crippen LogP contribution < -0.4 is 15.8 Å². The first-order chi connectivity index (χ1) is 9.63. The first kappa shape index (κ1) is 14.0. The van der Waals surface area contributed by atoms with Crippen molar-refractivity contribution in [2.45, 2.75) is 6.42 Å². The van der Waals surface area contributed by atoms with Crippen LogP contribution in [-0.2, 0) is 4.79 Å². The number of nitrogens with one attached hydrogen (secondary N) is 1. The minimum atomic E-state index is -0.241. The van der Waals surface area contributed by atoms with E-state index in [1.165, 1.54) is 0 Å². The molecule has 0 fully saturated rings. The van der Waals surface area contributed by atoms with Crippen LogP contribution in [0.3, 0.4) is 0 Å². The summed E-state index contributed by atoms with van der Waals surface area (Å²) in [6, 6.07) is 16.5. The van der Waals surface area contributed by atoms with Crippen molar-refractivity contribution in [3.8, 4) is 11.5 Å². The number of ether oxygens (including phenoxy) is 1. The zero-order valence-electron chi connectivity index (χ0n) is 10.7. The van der Waals surface area contributed by atoms with Gasteiger partial charge in [0.15, 0.2) is 0 Å². The van der Waals surface area contributed by atoms with Gasteiger partial charge in [-0.15, -0.1) is 0 Å². The van der Waals surface area contributed by atoms with E-state index in [2.05, 4.69) is 5.32 Å². The summed E-state index contributed by atoms with van der Waals surface area (Å²) in [7, 11) is 0. The van der Waals surface area contributed by atoms with E-state index in [0.29, 0.717) is 11.4 Å². The fourth-order valence-electron chi connectivity index (χ4n) is 1.63. The monoisotopic (exact) mass is 286 g/mol. The Morgan fingerprint density at radius 3 is 2.50 bits per heavy atom. The zero-order chi connectivity index (χ0) is 14.4. The molecule has 0 saturated carbocycles. The van der Waals surface area contributed by atoms with E-state index < -0.39 is 0 Å². The highest BCUT2D eigenvalue weighted by molar-refractivity contribution is 7.80. The lowest BCUT2D eigenvalue weighted by Crippen LogP contribution is -2.20. The molecule has 0 spiro atoms. The van der Waals surface area contributed by atoms with Crippen molar-refractivity contribution < 1.29 is 9.53 Å². The number of amides is 1. The minimum absolute atomic E-state index is 0.0269. The normalized spacial score (nSPS) is 9.80. The predicted molar refractivity (Wildman–Crippen MR) is 83.0 cm³/mol. The molecule has 0 aromatic heterocycles. The number of rotatable bonds is 5. The molecule has 0 aliphatic heterocycles. The Morgan fingerprint density at radius 1 is 1.10 bits per heavy atom. The van der Waals surface area contributed by atoms with Gasteiger partial charge in [0, 0.05) is 11.8 Å². The molecule has 0 saturated heterocycles. The van der Waals surface area contributed by atoms with Crippen molar-refractivity contribution in [1.82, 2.24) is 0 Å². The van der Waals surface area contributed by atoms with E-state index in [9.17, 15) is 4.79 Å². The predicted octanol–water partition coefficient (Wildman–Crippen LogP) is 3.09. The Balaban J connectivity index is 2.04. The van der Waals surface area contributed by atoms with Crippen molar-refractivity contribution in [2.24, 2.45) is 5.73 Å². The molecule has 0 unspecified atom stereocenters. The van der Waals surface area contributed by atoms with Crippen LogP contribution in [0.2, 0.25) is 0 Å². The van der Waals surface area contributed by atoms with Crippen molar-refractivity contribution in [3.05, 3.63) is 54.6 Å². The van der Waals surface area contributed by atoms with E-state index in [0.717, 1.165) is 5.75 Å². The van der Waals surface area contributed by atoms with Gasteiger partial charge in [-0.05, 0) is 24.3 Å². The standard InChI is InChI=1S/C15H14N2O2S/c16-14(20)10-15(18)17-11-5-4-8-13(9-11)19-12-6-2-1-3-7-12/h1-9H,10H2,(H2,16,20)(H,17,18). The Labute approximate surface area is 122 Å². The number of hydrogen-bond donors (Lipinski definition) is 2. The topological polar surface area (TPSA) is 64.4 Å². The summed E-state index contributed by atoms with van der Waals surface area (Å²) in [4.78, 5) is 11.7. The smallest absolute Gasteiger partial charge is 0.231 e. The second-order valence-corrected chi connectivity index (χ2v) is 4.66. The van der Waals surface area contributed by atoms with Crippen LogP contribution in [0.15, 0.2) is 54.6 Å². The van der Waals surface area contributed by atoms with E-state index in [1.807, 2.05) is 36.4 Å². The van der Waals surface area contributed by atoms with Gasteiger partial charge in [-0.1, -0.05) is 36.5 Å². The van der Waals surface area contributed by atoms with Gasteiger partial charge in [0.2, 0.25) is 5.91 Å². The largest absolute Gasteiger partial charge is 0.457 e. The average molecular weight is 286 g/mol. The SMILES string of the molecule is NC(=S)CC(=O)Nc1cccc(Oc2ccccc2)c1. The van der Waals surface area contributed by atoms with E-state index in [4.69, 9.17) is 22.7 Å². The van der Waals surface area contributed by atoms with Crippen LogP contribution in [0.4, 0.5) is 5.69 Å². The van der Waals surface area contributed by atoms with Crippen LogP contribution >= 0.6 is 12.2 Å². The maximum Gasteiger partial charge on any atom is 0.231 e. The number of benzene rings is 2. The third-order valence-electron chi connectivity index (χ3n) is 2.43. The highest BCUT2D eigenvalue weighted by Gasteiger charge is 2.05. The van der Waals surface area contributed by atoms with Gasteiger partial charge in [0.1, 0.15) is 11.5 Å². The number of nitrogens with two attached hydrogens (primary N) is 1. The van der Waals surface area contributed by atoms with Gasteiger partial charge < -0.3 is 15.8 Å². The highest BCUT2D eigenvalue weighted by Crippen LogP contribution is 2.23. The molecule has 0 aliphatic rings. The second kappa shape index (κ2) is 6.68. The quantitative estimate of drug-likeness (QED) is 0.829. The van der Waals surface area contributed by atoms with Gasteiger partial charge >= 0.3 is 0 Å². The molecular formula is C15H14N2O2S. The fourth-order valence-corrected chi connectivity index (χ4v) is 1.76. The summed E-state index contributed by atoms with van der Waals surface area (Å²) in [5, 5.41) is 2.71. The van der Waals surface area contributed by atoms with Gasteiger partial charge in [0.05, 0.1) is 11.4 Å². The first-order valence-corrected chi connectivity index (χ1v) is 6.45. The maximum absolute atomic E-state index is 11.6. The highest BCUT2D eigenvalue weighted by atomic mass is 32.1. The Morgan fingerprint density at radius 2 is 1.80 bits per heavy atom. The molecule has 0 bridgehead atoms. The van der Waals surface area contributed by atoms with E-state index in [1.54, 1.807) is 18.2 Å². The number of hydrogen-bond acceptors (Lipinski definition) is 3. The molecule has 4 nitrogen and oxygen atoms in total. The summed E-state index contributed by atoms with van der Waals surface area (Å²) >= 11 is 4.69. The molecule has 3 N–H and O–H groups in total. The van der Waals surface area contributed by atoms with Crippen molar-refractivity contribution in [3.63, 3.8) is 0 Å². The number of carbonyl (C=O) groups excluding carboxylic acids is 1. The summed E-state index contributed by atoms with van der Waals surface area (Å²) in [5.41, 5.74) is 5.96. The van der Waals surface area contributed by atoms with Gasteiger partial charge in [-0.3, -0.25) is 4.79 Å². The lowest BCUT2D eigenvalue weighted by atomic mass is 10.3.